The normalized spacial score (nSPS) is 30.9. The number of carbonyl (C=O) groups is 3. The van der Waals surface area contributed by atoms with Crippen molar-refractivity contribution in [2.45, 2.75) is 75.3 Å². The van der Waals surface area contributed by atoms with Gasteiger partial charge in [0.25, 0.3) is 0 Å². The van der Waals surface area contributed by atoms with Gasteiger partial charge in [-0.15, -0.1) is 0 Å². The topological polar surface area (TPSA) is 163 Å². The number of methoxy groups -OCH3 is 1. The number of aromatic hydroxyl groups is 2. The van der Waals surface area contributed by atoms with Gasteiger partial charge in [0.15, 0.2) is 12.1 Å². The van der Waals surface area contributed by atoms with Crippen molar-refractivity contribution < 1.29 is 49.0 Å². The molecule has 0 saturated carbocycles. The number of esters is 1. The lowest BCUT2D eigenvalue weighted by Gasteiger charge is -2.46. The molecule has 1 heterocycles. The third-order valence-corrected chi connectivity index (χ3v) is 8.77. The minimum absolute atomic E-state index is 0.0382. The van der Waals surface area contributed by atoms with Crippen LogP contribution >= 0.6 is 0 Å². The monoisotopic (exact) mass is 569 g/mol. The first-order valence-electron chi connectivity index (χ1n) is 13.6. The summed E-state index contributed by atoms with van der Waals surface area (Å²) in [4.78, 5) is 42.1. The van der Waals surface area contributed by atoms with E-state index in [1.807, 2.05) is 19.0 Å². The second-order valence-corrected chi connectivity index (χ2v) is 11.3. The summed E-state index contributed by atoms with van der Waals surface area (Å²) in [5, 5.41) is 44.5. The molecule has 1 fully saturated rings. The fourth-order valence-corrected chi connectivity index (χ4v) is 6.50. The van der Waals surface area contributed by atoms with Crippen molar-refractivity contribution in [3.8, 4) is 11.5 Å². The highest BCUT2D eigenvalue weighted by atomic mass is 16.7. The Balaban J connectivity index is 1.69. The van der Waals surface area contributed by atoms with E-state index in [1.54, 1.807) is 13.8 Å². The molecule has 41 heavy (non-hydrogen) atoms. The van der Waals surface area contributed by atoms with Gasteiger partial charge in [0.05, 0.1) is 42.1 Å². The Morgan fingerprint density at radius 3 is 2.49 bits per heavy atom. The maximum absolute atomic E-state index is 13.6. The average molecular weight is 570 g/mol. The molecule has 220 valence electrons. The van der Waals surface area contributed by atoms with Crippen molar-refractivity contribution in [1.82, 2.24) is 4.90 Å². The van der Waals surface area contributed by atoms with Crippen LogP contribution in [-0.2, 0) is 19.0 Å². The van der Waals surface area contributed by atoms with Crippen LogP contribution in [-0.4, -0.2) is 94.2 Å². The van der Waals surface area contributed by atoms with Crippen LogP contribution in [0, 0.1) is 0 Å². The number of nitrogens with zero attached hydrogens (tertiary/aromatic N) is 1. The van der Waals surface area contributed by atoms with Crippen LogP contribution in [0.5, 0.6) is 11.5 Å². The Morgan fingerprint density at radius 1 is 1.15 bits per heavy atom. The van der Waals surface area contributed by atoms with Crippen molar-refractivity contribution in [3.63, 3.8) is 0 Å². The number of benzene rings is 2. The van der Waals surface area contributed by atoms with E-state index >= 15 is 0 Å². The van der Waals surface area contributed by atoms with Gasteiger partial charge in [-0.05, 0) is 45.1 Å². The lowest BCUT2D eigenvalue weighted by molar-refractivity contribution is -0.258. The minimum atomic E-state index is -1.69. The third-order valence-electron chi connectivity index (χ3n) is 8.77. The number of hydrogen-bond acceptors (Lipinski definition) is 11. The van der Waals surface area contributed by atoms with Gasteiger partial charge in [-0.2, -0.15) is 0 Å². The average Bonchev–Trinajstić information content (AvgIpc) is 2.92. The quantitative estimate of drug-likeness (QED) is 0.333. The number of phenols is 2. The first-order valence-corrected chi connectivity index (χ1v) is 13.6. The van der Waals surface area contributed by atoms with Gasteiger partial charge in [-0.25, -0.2) is 0 Å². The van der Waals surface area contributed by atoms with Crippen LogP contribution in [0.1, 0.15) is 88.1 Å². The van der Waals surface area contributed by atoms with Gasteiger partial charge in [-0.1, -0.05) is 19.1 Å². The molecule has 0 aromatic heterocycles. The fraction of sp³-hybridized carbons (Fsp3) is 0.500. The standard InChI is InChI=1S/C30H35NO10/c1-6-30(38)12-19(41-20-11-17(31(3)4)25(33)13(2)40-20)22-15(24(30)29(37)39-5)10-16-23(28(22)36)27(35)21-14(26(16)34)8-7-9-18(21)32/h7-10,13,17,19-20,24-25,32-33,36,38H,6,11-12H2,1-5H3/t13-,17-,19-,20+,24-,25+,30-/m0/s1. The van der Waals surface area contributed by atoms with Crippen molar-refractivity contribution in [2.24, 2.45) is 0 Å². The first-order chi connectivity index (χ1) is 19.3. The molecule has 5 rings (SSSR count). The molecule has 7 atom stereocenters. The number of rotatable bonds is 5. The molecule has 4 N–H and O–H groups in total. The Hall–Kier alpha value is -3.35. The molecule has 3 aliphatic rings. The summed E-state index contributed by atoms with van der Waals surface area (Å²) in [6.07, 6.45) is -3.09. The van der Waals surface area contributed by atoms with Gasteiger partial charge in [0, 0.05) is 35.6 Å². The lowest BCUT2D eigenvalue weighted by atomic mass is 9.67. The van der Waals surface area contributed by atoms with Crippen LogP contribution in [0.4, 0.5) is 0 Å². The third kappa shape index (κ3) is 4.52. The van der Waals surface area contributed by atoms with Crippen LogP contribution in [0.15, 0.2) is 24.3 Å². The Morgan fingerprint density at radius 2 is 1.85 bits per heavy atom. The summed E-state index contributed by atoms with van der Waals surface area (Å²) < 4.78 is 17.3. The number of aliphatic hydroxyl groups is 2. The number of likely N-dealkylation sites (N-methyl/N-ethyl adjacent to an activating group) is 1. The summed E-state index contributed by atoms with van der Waals surface area (Å²) in [5.74, 6) is -4.42. The second kappa shape index (κ2) is 10.5. The lowest BCUT2D eigenvalue weighted by Crippen LogP contribution is -2.54. The highest BCUT2D eigenvalue weighted by Crippen LogP contribution is 2.54. The van der Waals surface area contributed by atoms with Crippen LogP contribution in [0.3, 0.4) is 0 Å². The zero-order valence-electron chi connectivity index (χ0n) is 23.6. The van der Waals surface area contributed by atoms with Crippen molar-refractivity contribution in [1.29, 1.82) is 0 Å². The van der Waals surface area contributed by atoms with Gasteiger partial charge in [0.2, 0.25) is 5.78 Å². The molecule has 0 unspecified atom stereocenters. The zero-order chi connectivity index (χ0) is 30.0. The van der Waals surface area contributed by atoms with Gasteiger partial charge in [-0.3, -0.25) is 14.4 Å². The molecule has 0 bridgehead atoms. The van der Waals surface area contributed by atoms with E-state index in [1.165, 1.54) is 31.4 Å². The molecule has 0 amide bonds. The number of fused-ring (bicyclic) bond motifs is 3. The van der Waals surface area contributed by atoms with Gasteiger partial charge >= 0.3 is 5.97 Å². The highest BCUT2D eigenvalue weighted by Gasteiger charge is 2.53. The Labute approximate surface area is 237 Å². The Kier molecular flexibility index (Phi) is 7.46. The number of aliphatic hydroxyl groups excluding tert-OH is 1. The molecule has 11 nitrogen and oxygen atoms in total. The molecule has 2 aromatic carbocycles. The molecule has 2 aliphatic carbocycles. The van der Waals surface area contributed by atoms with Gasteiger partial charge < -0.3 is 39.5 Å². The van der Waals surface area contributed by atoms with E-state index in [0.717, 1.165) is 0 Å². The van der Waals surface area contributed by atoms with E-state index in [9.17, 15) is 34.8 Å². The Bertz CT molecular complexity index is 1420. The number of hydrogen-bond donors (Lipinski definition) is 4. The minimum Gasteiger partial charge on any atom is -0.507 e. The number of phenolic OH excluding ortho intramolecular Hbond substituents is 2. The van der Waals surface area contributed by atoms with Crippen molar-refractivity contribution >= 4 is 17.5 Å². The number of ketones is 2. The maximum Gasteiger partial charge on any atom is 0.316 e. The van der Waals surface area contributed by atoms with Crippen molar-refractivity contribution in [3.05, 3.63) is 57.6 Å². The molecular formula is C30H35NO10. The predicted molar refractivity (Wildman–Crippen MR) is 144 cm³/mol. The van der Waals surface area contributed by atoms with E-state index in [-0.39, 0.29) is 58.7 Å². The van der Waals surface area contributed by atoms with Crippen LogP contribution < -0.4 is 0 Å². The smallest absolute Gasteiger partial charge is 0.316 e. The summed E-state index contributed by atoms with van der Waals surface area (Å²) in [5.41, 5.74) is -2.27. The second-order valence-electron chi connectivity index (χ2n) is 11.3. The van der Waals surface area contributed by atoms with E-state index in [4.69, 9.17) is 14.2 Å². The maximum atomic E-state index is 13.6. The fourth-order valence-electron chi connectivity index (χ4n) is 6.50. The van der Waals surface area contributed by atoms with Crippen LogP contribution in [0.25, 0.3) is 0 Å². The predicted octanol–water partition coefficient (Wildman–Crippen LogP) is 2.16. The zero-order valence-corrected chi connectivity index (χ0v) is 23.6. The molecule has 11 heteroatoms. The van der Waals surface area contributed by atoms with Crippen molar-refractivity contribution in [2.75, 3.05) is 21.2 Å². The molecular weight excluding hydrogens is 534 g/mol. The molecule has 1 aliphatic heterocycles. The summed E-state index contributed by atoms with van der Waals surface area (Å²) in [7, 11) is 4.82. The molecule has 2 aromatic rings. The molecule has 0 spiro atoms. The molecule has 1 saturated heterocycles. The summed E-state index contributed by atoms with van der Waals surface area (Å²) >= 11 is 0. The largest absolute Gasteiger partial charge is 0.507 e. The summed E-state index contributed by atoms with van der Waals surface area (Å²) in [6.45, 7) is 3.41. The van der Waals surface area contributed by atoms with Crippen LogP contribution in [0.2, 0.25) is 0 Å². The van der Waals surface area contributed by atoms with E-state index in [0.29, 0.717) is 0 Å². The number of carbonyl (C=O) groups excluding carboxylic acids is 3. The summed E-state index contributed by atoms with van der Waals surface area (Å²) in [6, 6.07) is 5.14. The first kappa shape index (κ1) is 29.2. The highest BCUT2D eigenvalue weighted by molar-refractivity contribution is 6.30. The van der Waals surface area contributed by atoms with E-state index in [2.05, 4.69) is 0 Å². The van der Waals surface area contributed by atoms with E-state index < -0.39 is 65.2 Å². The van der Waals surface area contributed by atoms with Gasteiger partial charge in [0.1, 0.15) is 17.4 Å². The number of ether oxygens (including phenoxy) is 3. The SMILES string of the molecule is CC[C@]1(O)C[C@H](O[C@@H]2C[C@H](N(C)C)[C@H](O)[C@H](C)O2)c2c(cc3c(c2O)C(=O)c2c(O)cccc2C3=O)[C@H]1C(=O)OC. The molecule has 0 radical (unpaired) electrons.